The summed E-state index contributed by atoms with van der Waals surface area (Å²) in [5.74, 6) is 1.57. The topological polar surface area (TPSA) is 76.6 Å². The molecule has 0 aliphatic carbocycles. The lowest BCUT2D eigenvalue weighted by Crippen LogP contribution is -2.36. The van der Waals surface area contributed by atoms with Crippen LogP contribution >= 0.6 is 0 Å². The summed E-state index contributed by atoms with van der Waals surface area (Å²) in [7, 11) is 0. The Morgan fingerprint density at radius 2 is 1.92 bits per heavy atom. The van der Waals surface area contributed by atoms with E-state index in [1.807, 2.05) is 37.3 Å². The first kappa shape index (κ1) is 16.2. The summed E-state index contributed by atoms with van der Waals surface area (Å²) < 4.78 is 10.7. The van der Waals surface area contributed by atoms with Crippen molar-refractivity contribution in [1.82, 2.24) is 10.2 Å². The van der Waals surface area contributed by atoms with Gasteiger partial charge in [-0.05, 0) is 31.2 Å². The van der Waals surface area contributed by atoms with Crippen molar-refractivity contribution in [2.75, 3.05) is 43.1 Å². The van der Waals surface area contributed by atoms with Gasteiger partial charge in [0, 0.05) is 13.1 Å². The molecule has 0 spiro atoms. The molecule has 1 fully saturated rings. The highest BCUT2D eigenvalue weighted by Crippen LogP contribution is 2.14. The van der Waals surface area contributed by atoms with E-state index >= 15 is 0 Å². The van der Waals surface area contributed by atoms with Crippen LogP contribution in [0.5, 0.6) is 5.75 Å². The molecule has 2 heterocycles. The van der Waals surface area contributed by atoms with Crippen LogP contribution in [0.3, 0.4) is 0 Å². The van der Waals surface area contributed by atoms with Crippen molar-refractivity contribution in [3.8, 4) is 5.75 Å². The van der Waals surface area contributed by atoms with E-state index in [1.165, 1.54) is 0 Å². The molecule has 1 aliphatic heterocycles. The summed E-state index contributed by atoms with van der Waals surface area (Å²) in [5, 5.41) is 10.9. The monoisotopic (exact) mass is 328 g/mol. The molecular weight excluding hydrogens is 308 g/mol. The molecule has 1 aliphatic rings. The number of carbonyl (C=O) groups excluding carboxylic acids is 1. The number of anilines is 2. The van der Waals surface area contributed by atoms with Crippen LogP contribution in [0, 0.1) is 6.92 Å². The largest absolute Gasteiger partial charge is 0.484 e. The van der Waals surface area contributed by atoms with Crippen LogP contribution in [-0.4, -0.2) is 49.0 Å². The Morgan fingerprint density at radius 1 is 1.17 bits per heavy atom. The smallest absolute Gasteiger partial charge is 0.263 e. The minimum atomic E-state index is -0.274. The van der Waals surface area contributed by atoms with Gasteiger partial charge in [-0.1, -0.05) is 17.7 Å². The Balaban J connectivity index is 1.49. The fourth-order valence-electron chi connectivity index (χ4n) is 2.32. The van der Waals surface area contributed by atoms with E-state index in [0.29, 0.717) is 24.8 Å². The average Bonchev–Trinajstić information content (AvgIpc) is 2.63. The van der Waals surface area contributed by atoms with E-state index in [2.05, 4.69) is 20.4 Å². The second kappa shape index (κ2) is 7.74. The van der Waals surface area contributed by atoms with Gasteiger partial charge in [0.15, 0.2) is 18.2 Å². The van der Waals surface area contributed by atoms with Gasteiger partial charge < -0.3 is 19.7 Å². The van der Waals surface area contributed by atoms with E-state index in [9.17, 15) is 4.79 Å². The first-order valence-electron chi connectivity index (χ1n) is 7.86. The summed E-state index contributed by atoms with van der Waals surface area (Å²) >= 11 is 0. The van der Waals surface area contributed by atoms with Gasteiger partial charge in [-0.2, -0.15) is 0 Å². The maximum Gasteiger partial charge on any atom is 0.263 e. The number of benzene rings is 1. The van der Waals surface area contributed by atoms with E-state index in [-0.39, 0.29) is 12.5 Å². The summed E-state index contributed by atoms with van der Waals surface area (Å²) in [5.41, 5.74) is 1.14. The van der Waals surface area contributed by atoms with Crippen molar-refractivity contribution < 1.29 is 14.3 Å². The lowest BCUT2D eigenvalue weighted by molar-refractivity contribution is -0.118. The van der Waals surface area contributed by atoms with Gasteiger partial charge in [-0.25, -0.2) is 0 Å². The predicted octanol–water partition coefficient (Wildman–Crippen LogP) is 1.64. The third-order valence-electron chi connectivity index (χ3n) is 3.64. The van der Waals surface area contributed by atoms with Crippen molar-refractivity contribution in [2.45, 2.75) is 6.92 Å². The minimum absolute atomic E-state index is 0.0735. The molecule has 1 aromatic heterocycles. The molecule has 24 heavy (non-hydrogen) atoms. The Labute approximate surface area is 140 Å². The van der Waals surface area contributed by atoms with Gasteiger partial charge >= 0.3 is 0 Å². The molecule has 2 aromatic rings. The first-order chi connectivity index (χ1) is 11.7. The van der Waals surface area contributed by atoms with Crippen LogP contribution in [0.4, 0.5) is 11.6 Å². The number of aryl methyl sites for hydroxylation is 1. The van der Waals surface area contributed by atoms with E-state index in [0.717, 1.165) is 24.5 Å². The Morgan fingerprint density at radius 3 is 2.58 bits per heavy atom. The van der Waals surface area contributed by atoms with Crippen LogP contribution in [0.2, 0.25) is 0 Å². The van der Waals surface area contributed by atoms with Gasteiger partial charge in [-0.3, -0.25) is 4.79 Å². The molecule has 0 radical (unpaired) electrons. The number of hydrogen-bond donors (Lipinski definition) is 1. The van der Waals surface area contributed by atoms with Crippen LogP contribution in [0.1, 0.15) is 5.56 Å². The molecule has 0 unspecified atom stereocenters. The number of nitrogens with one attached hydrogen (secondary N) is 1. The van der Waals surface area contributed by atoms with Crippen LogP contribution < -0.4 is 15.0 Å². The quantitative estimate of drug-likeness (QED) is 0.899. The molecule has 1 amide bonds. The van der Waals surface area contributed by atoms with E-state index in [4.69, 9.17) is 9.47 Å². The molecule has 0 bridgehead atoms. The maximum absolute atomic E-state index is 11.9. The molecule has 126 valence electrons. The summed E-state index contributed by atoms with van der Waals surface area (Å²) in [4.78, 5) is 14.0. The highest BCUT2D eigenvalue weighted by molar-refractivity contribution is 5.90. The number of hydrogen-bond acceptors (Lipinski definition) is 6. The fourth-order valence-corrected chi connectivity index (χ4v) is 2.32. The average molecular weight is 328 g/mol. The van der Waals surface area contributed by atoms with Crippen LogP contribution in [0.15, 0.2) is 36.4 Å². The molecule has 3 rings (SSSR count). The van der Waals surface area contributed by atoms with Crippen molar-refractivity contribution in [3.05, 3.63) is 42.0 Å². The van der Waals surface area contributed by atoms with Crippen molar-refractivity contribution in [1.29, 1.82) is 0 Å². The number of rotatable bonds is 5. The summed E-state index contributed by atoms with van der Waals surface area (Å²) in [6, 6.07) is 11.1. The maximum atomic E-state index is 11.9. The summed E-state index contributed by atoms with van der Waals surface area (Å²) in [6.07, 6.45) is 0. The minimum Gasteiger partial charge on any atom is -0.484 e. The Bertz CT molecular complexity index is 667. The van der Waals surface area contributed by atoms with Crippen molar-refractivity contribution >= 4 is 17.5 Å². The Kier molecular flexibility index (Phi) is 5.22. The molecule has 0 saturated carbocycles. The molecule has 1 saturated heterocycles. The lowest BCUT2D eigenvalue weighted by atomic mass is 10.2. The third-order valence-corrected chi connectivity index (χ3v) is 3.64. The summed E-state index contributed by atoms with van der Waals surface area (Å²) in [6.45, 7) is 4.90. The third kappa shape index (κ3) is 4.42. The van der Waals surface area contributed by atoms with E-state index < -0.39 is 0 Å². The van der Waals surface area contributed by atoms with Gasteiger partial charge in [0.1, 0.15) is 5.75 Å². The number of carbonyl (C=O) groups is 1. The number of aromatic nitrogens is 2. The Hall–Kier alpha value is -2.67. The number of amides is 1. The first-order valence-corrected chi connectivity index (χ1v) is 7.86. The molecule has 1 aromatic carbocycles. The number of ether oxygens (including phenoxy) is 2. The normalized spacial score (nSPS) is 14.3. The van der Waals surface area contributed by atoms with Crippen molar-refractivity contribution in [3.63, 3.8) is 0 Å². The number of morpholine rings is 1. The molecule has 7 heteroatoms. The van der Waals surface area contributed by atoms with E-state index in [1.54, 1.807) is 6.07 Å². The molecule has 1 N–H and O–H groups in total. The van der Waals surface area contributed by atoms with Crippen molar-refractivity contribution in [2.24, 2.45) is 0 Å². The highest BCUT2D eigenvalue weighted by atomic mass is 16.5. The lowest BCUT2D eigenvalue weighted by Gasteiger charge is -2.27. The molecule has 0 atom stereocenters. The van der Waals surface area contributed by atoms with Gasteiger partial charge in [0.2, 0.25) is 0 Å². The zero-order valence-electron chi connectivity index (χ0n) is 13.6. The molecular formula is C17H20N4O3. The highest BCUT2D eigenvalue weighted by Gasteiger charge is 2.13. The molecule has 7 nitrogen and oxygen atoms in total. The second-order valence-electron chi connectivity index (χ2n) is 5.53. The zero-order valence-corrected chi connectivity index (χ0v) is 13.6. The van der Waals surface area contributed by atoms with Crippen LogP contribution in [0.25, 0.3) is 0 Å². The fraction of sp³-hybridized carbons (Fsp3) is 0.353. The van der Waals surface area contributed by atoms with Crippen LogP contribution in [-0.2, 0) is 9.53 Å². The van der Waals surface area contributed by atoms with Gasteiger partial charge in [0.05, 0.1) is 13.2 Å². The predicted molar refractivity (Wildman–Crippen MR) is 90.4 cm³/mol. The SMILES string of the molecule is Cc1ccc(OCC(=O)Nc2ccc(N3CCOCC3)nn2)cc1. The zero-order chi connectivity index (χ0) is 16.8. The number of nitrogens with zero attached hydrogens (tertiary/aromatic N) is 3. The van der Waals surface area contributed by atoms with Gasteiger partial charge in [-0.15, -0.1) is 10.2 Å². The van der Waals surface area contributed by atoms with Gasteiger partial charge in [0.25, 0.3) is 5.91 Å². The second-order valence-corrected chi connectivity index (χ2v) is 5.53. The standard InChI is InChI=1S/C17H20N4O3/c1-13-2-4-14(5-3-13)24-12-17(22)18-15-6-7-16(20-19-15)21-8-10-23-11-9-21/h2-7H,8-12H2,1H3,(H,18,19,22).